The minimum atomic E-state index is -4.66. The highest BCUT2D eigenvalue weighted by molar-refractivity contribution is 6.30. The number of halogens is 6. The lowest BCUT2D eigenvalue weighted by molar-refractivity contribution is -0.137. The summed E-state index contributed by atoms with van der Waals surface area (Å²) in [5, 5.41) is 0.313. The Bertz CT molecular complexity index is 1370. The first-order valence-corrected chi connectivity index (χ1v) is 11.8. The van der Waals surface area contributed by atoms with Gasteiger partial charge in [0.2, 0.25) is 5.88 Å². The molecule has 194 valence electrons. The maximum atomic E-state index is 14.3. The number of carbonyl (C=O) groups is 1. The minimum Gasteiger partial charge on any atom is -0.472 e. The van der Waals surface area contributed by atoms with Crippen LogP contribution in [0.2, 0.25) is 5.02 Å². The number of pyridine rings is 1. The van der Waals surface area contributed by atoms with Crippen LogP contribution in [-0.4, -0.2) is 17.6 Å². The summed E-state index contributed by atoms with van der Waals surface area (Å²) in [5.74, 6) is -2.40. The Morgan fingerprint density at radius 3 is 2.49 bits per heavy atom. The summed E-state index contributed by atoms with van der Waals surface area (Å²) >= 11 is 6.20. The van der Waals surface area contributed by atoms with Gasteiger partial charge in [0.1, 0.15) is 18.2 Å². The quantitative estimate of drug-likeness (QED) is 0.227. The van der Waals surface area contributed by atoms with Crippen LogP contribution in [0, 0.1) is 11.6 Å². The van der Waals surface area contributed by atoms with Crippen molar-refractivity contribution in [1.29, 1.82) is 0 Å². The SMILES string of the molecule is CCOC(=O)c1cc(C2=C(c3cc(Cl)cnc3OCc3ccc(C(F)(F)F)cc3F)CCC2)ccc1F. The van der Waals surface area contributed by atoms with Gasteiger partial charge in [0.15, 0.2) is 0 Å². The maximum absolute atomic E-state index is 14.3. The molecule has 1 aromatic heterocycles. The fraction of sp³-hybridized carbons (Fsp3) is 0.259. The van der Waals surface area contributed by atoms with E-state index in [1.54, 1.807) is 19.1 Å². The van der Waals surface area contributed by atoms with Crippen LogP contribution >= 0.6 is 11.6 Å². The van der Waals surface area contributed by atoms with Crippen LogP contribution in [0.1, 0.15) is 58.8 Å². The molecule has 0 atom stereocenters. The molecular formula is C27H21ClF5NO3. The summed E-state index contributed by atoms with van der Waals surface area (Å²) in [6, 6.07) is 8.05. The molecule has 0 bridgehead atoms. The van der Waals surface area contributed by atoms with Gasteiger partial charge in [0.25, 0.3) is 0 Å². The lowest BCUT2D eigenvalue weighted by atomic mass is 9.96. The molecule has 0 amide bonds. The lowest BCUT2D eigenvalue weighted by Crippen LogP contribution is -2.08. The number of alkyl halides is 3. The fourth-order valence-corrected chi connectivity index (χ4v) is 4.34. The van der Waals surface area contributed by atoms with E-state index < -0.39 is 29.3 Å². The van der Waals surface area contributed by atoms with Gasteiger partial charge in [0.05, 0.1) is 22.8 Å². The van der Waals surface area contributed by atoms with Crippen molar-refractivity contribution in [2.45, 2.75) is 39.0 Å². The monoisotopic (exact) mass is 537 g/mol. The number of benzene rings is 2. The largest absolute Gasteiger partial charge is 0.472 e. The average molecular weight is 538 g/mol. The van der Waals surface area contributed by atoms with Crippen molar-refractivity contribution >= 4 is 28.7 Å². The molecule has 4 rings (SSSR count). The van der Waals surface area contributed by atoms with Crippen molar-refractivity contribution < 1.29 is 36.2 Å². The van der Waals surface area contributed by atoms with E-state index in [1.807, 2.05) is 0 Å². The van der Waals surface area contributed by atoms with Gasteiger partial charge in [-0.1, -0.05) is 23.7 Å². The van der Waals surface area contributed by atoms with Crippen LogP contribution in [0.5, 0.6) is 5.88 Å². The molecule has 0 aliphatic heterocycles. The lowest BCUT2D eigenvalue weighted by Gasteiger charge is -2.15. The molecule has 0 spiro atoms. The van der Waals surface area contributed by atoms with Gasteiger partial charge in [-0.25, -0.2) is 18.6 Å². The zero-order valence-corrected chi connectivity index (χ0v) is 20.4. The van der Waals surface area contributed by atoms with Crippen molar-refractivity contribution in [3.8, 4) is 5.88 Å². The topological polar surface area (TPSA) is 48.4 Å². The first-order valence-electron chi connectivity index (χ1n) is 11.4. The molecule has 1 heterocycles. The highest BCUT2D eigenvalue weighted by Crippen LogP contribution is 2.43. The smallest absolute Gasteiger partial charge is 0.416 e. The number of esters is 1. The van der Waals surface area contributed by atoms with Crippen molar-refractivity contribution in [3.05, 3.63) is 93.1 Å². The summed E-state index contributed by atoms with van der Waals surface area (Å²) in [4.78, 5) is 16.4. The molecule has 0 N–H and O–H groups in total. The standard InChI is InChI=1S/C27H21ClF5NO3/c1-2-36-26(35)22-10-15(7-9-23(22)29)19-4-3-5-20(19)21-12-18(28)13-34-25(21)37-14-16-6-8-17(11-24(16)30)27(31,32)33/h6-13H,2-5,14H2,1H3. The highest BCUT2D eigenvalue weighted by Gasteiger charge is 2.31. The zero-order valence-electron chi connectivity index (χ0n) is 19.6. The van der Waals surface area contributed by atoms with E-state index in [-0.39, 0.29) is 30.2 Å². The van der Waals surface area contributed by atoms with E-state index in [0.29, 0.717) is 35.1 Å². The van der Waals surface area contributed by atoms with Gasteiger partial charge < -0.3 is 9.47 Å². The number of nitrogens with zero attached hydrogens (tertiary/aromatic N) is 1. The number of allylic oxidation sites excluding steroid dienone is 2. The van der Waals surface area contributed by atoms with Crippen LogP contribution in [-0.2, 0) is 17.5 Å². The molecular weight excluding hydrogens is 517 g/mol. The molecule has 4 nitrogen and oxygen atoms in total. The minimum absolute atomic E-state index is 0.0751. The normalized spacial score (nSPS) is 13.7. The second-order valence-electron chi connectivity index (χ2n) is 8.32. The van der Waals surface area contributed by atoms with Crippen LogP contribution < -0.4 is 4.74 Å². The third kappa shape index (κ3) is 5.93. The number of rotatable bonds is 7. The van der Waals surface area contributed by atoms with Crippen LogP contribution in [0.25, 0.3) is 11.1 Å². The first-order chi connectivity index (χ1) is 17.6. The second-order valence-corrected chi connectivity index (χ2v) is 8.76. The molecule has 0 saturated heterocycles. The van der Waals surface area contributed by atoms with Crippen LogP contribution in [0.4, 0.5) is 22.0 Å². The molecule has 2 aromatic carbocycles. The number of hydrogen-bond acceptors (Lipinski definition) is 4. The summed E-state index contributed by atoms with van der Waals surface area (Å²) < 4.78 is 77.8. The molecule has 1 aliphatic rings. The maximum Gasteiger partial charge on any atom is 0.416 e. The number of ether oxygens (including phenoxy) is 2. The average Bonchev–Trinajstić information content (AvgIpc) is 3.33. The zero-order chi connectivity index (χ0) is 26.7. The van der Waals surface area contributed by atoms with Gasteiger partial charge in [-0.3, -0.25) is 0 Å². The number of aromatic nitrogens is 1. The molecule has 37 heavy (non-hydrogen) atoms. The van der Waals surface area contributed by atoms with E-state index >= 15 is 0 Å². The van der Waals surface area contributed by atoms with E-state index in [0.717, 1.165) is 29.7 Å². The van der Waals surface area contributed by atoms with Crippen molar-refractivity contribution in [1.82, 2.24) is 4.98 Å². The van der Waals surface area contributed by atoms with Gasteiger partial charge in [-0.2, -0.15) is 13.2 Å². The molecule has 1 aliphatic carbocycles. The number of carbonyl (C=O) groups excluding carboxylic acids is 1. The summed E-state index contributed by atoms with van der Waals surface area (Å²) in [6.45, 7) is 1.37. The Kier molecular flexibility index (Phi) is 7.82. The molecule has 0 saturated carbocycles. The number of hydrogen-bond donors (Lipinski definition) is 0. The van der Waals surface area contributed by atoms with E-state index in [4.69, 9.17) is 21.1 Å². The van der Waals surface area contributed by atoms with E-state index in [1.165, 1.54) is 18.3 Å². The summed E-state index contributed by atoms with van der Waals surface area (Å²) in [7, 11) is 0. The Morgan fingerprint density at radius 1 is 1.03 bits per heavy atom. The molecule has 0 fully saturated rings. The van der Waals surface area contributed by atoms with E-state index in [9.17, 15) is 26.7 Å². The Balaban J connectivity index is 1.68. The molecule has 0 radical (unpaired) electrons. The van der Waals surface area contributed by atoms with Crippen molar-refractivity contribution in [2.75, 3.05) is 6.61 Å². The van der Waals surface area contributed by atoms with E-state index in [2.05, 4.69) is 4.98 Å². The predicted octanol–water partition coefficient (Wildman–Crippen LogP) is 7.88. The van der Waals surface area contributed by atoms with Crippen LogP contribution in [0.3, 0.4) is 0 Å². The third-order valence-corrected chi connectivity index (χ3v) is 6.12. The first kappa shape index (κ1) is 26.6. The second kappa shape index (κ2) is 10.9. The predicted molar refractivity (Wildman–Crippen MR) is 128 cm³/mol. The summed E-state index contributed by atoms with van der Waals surface area (Å²) in [5.41, 5.74) is 1.43. The van der Waals surface area contributed by atoms with Crippen LogP contribution in [0.15, 0.2) is 48.7 Å². The van der Waals surface area contributed by atoms with Gasteiger partial charge in [-0.15, -0.1) is 0 Å². The van der Waals surface area contributed by atoms with Gasteiger partial charge in [-0.05, 0) is 73.2 Å². The highest BCUT2D eigenvalue weighted by atomic mass is 35.5. The fourth-order valence-electron chi connectivity index (χ4n) is 4.18. The van der Waals surface area contributed by atoms with Gasteiger partial charge >= 0.3 is 12.1 Å². The Morgan fingerprint density at radius 2 is 1.78 bits per heavy atom. The van der Waals surface area contributed by atoms with Gasteiger partial charge in [0, 0.05) is 17.3 Å². The Hall–Kier alpha value is -3.46. The van der Waals surface area contributed by atoms with Crippen molar-refractivity contribution in [2.24, 2.45) is 0 Å². The summed E-state index contributed by atoms with van der Waals surface area (Å²) in [6.07, 6.45) is -1.33. The van der Waals surface area contributed by atoms with Crippen molar-refractivity contribution in [3.63, 3.8) is 0 Å². The Labute approximate surface area is 214 Å². The third-order valence-electron chi connectivity index (χ3n) is 5.92. The molecule has 10 heteroatoms. The molecule has 3 aromatic rings. The molecule has 0 unspecified atom stereocenters.